The van der Waals surface area contributed by atoms with Crippen LogP contribution in [0.2, 0.25) is 0 Å². The molecule has 0 aliphatic carbocycles. The zero-order valence-corrected chi connectivity index (χ0v) is 10.8. The van der Waals surface area contributed by atoms with Gasteiger partial charge in [0.1, 0.15) is 0 Å². The van der Waals surface area contributed by atoms with Crippen LogP contribution in [0, 0.1) is 5.92 Å². The largest absolute Gasteiger partial charge is 0.347 e. The fourth-order valence-corrected chi connectivity index (χ4v) is 2.93. The van der Waals surface area contributed by atoms with Crippen molar-refractivity contribution in [2.24, 2.45) is 5.92 Å². The van der Waals surface area contributed by atoms with Gasteiger partial charge in [-0.1, -0.05) is 13.3 Å². The number of carbonyl (C=O) groups excluding carboxylic acids is 1. The van der Waals surface area contributed by atoms with Gasteiger partial charge in [-0.3, -0.25) is 10.1 Å². The third kappa shape index (κ3) is 2.03. The molecule has 3 heterocycles. The summed E-state index contributed by atoms with van der Waals surface area (Å²) in [6.45, 7) is 4.77. The number of aromatic amines is 1. The molecule has 0 bridgehead atoms. The third-order valence-corrected chi connectivity index (χ3v) is 4.20. The van der Waals surface area contributed by atoms with E-state index >= 15 is 0 Å². The molecule has 1 aromatic heterocycles. The lowest BCUT2D eigenvalue weighted by Gasteiger charge is -2.27. The molecule has 0 aromatic carbocycles. The minimum absolute atomic E-state index is 0.0867. The molecule has 1 fully saturated rings. The number of aromatic nitrogens is 2. The van der Waals surface area contributed by atoms with Crippen molar-refractivity contribution >= 4 is 5.91 Å². The molecule has 0 radical (unpaired) electrons. The summed E-state index contributed by atoms with van der Waals surface area (Å²) >= 11 is 0. The van der Waals surface area contributed by atoms with Crippen LogP contribution in [0.25, 0.3) is 0 Å². The summed E-state index contributed by atoms with van der Waals surface area (Å²) in [5.74, 6) is 0.943. The maximum absolute atomic E-state index is 12.4. The number of nitrogens with zero attached hydrogens (tertiary/aromatic N) is 2. The Morgan fingerprint density at radius 2 is 2.50 bits per heavy atom. The van der Waals surface area contributed by atoms with Crippen molar-refractivity contribution in [3.8, 4) is 0 Å². The summed E-state index contributed by atoms with van der Waals surface area (Å²) in [4.78, 5) is 21.8. The fourth-order valence-electron chi connectivity index (χ4n) is 2.93. The normalized spacial score (nSPS) is 27.3. The minimum atomic E-state index is -0.0867. The molecule has 0 spiro atoms. The van der Waals surface area contributed by atoms with Gasteiger partial charge in [0, 0.05) is 26.1 Å². The summed E-state index contributed by atoms with van der Waals surface area (Å²) in [6, 6.07) is -0.0867. The van der Waals surface area contributed by atoms with E-state index in [0.29, 0.717) is 12.3 Å². The number of nitrogens with one attached hydrogen (secondary N) is 2. The Balaban J connectivity index is 1.64. The molecule has 5 heteroatoms. The lowest BCUT2D eigenvalue weighted by molar-refractivity contribution is -0.132. The van der Waals surface area contributed by atoms with Crippen molar-refractivity contribution in [2.75, 3.05) is 13.1 Å². The van der Waals surface area contributed by atoms with Crippen LogP contribution in [-0.2, 0) is 17.8 Å². The van der Waals surface area contributed by atoms with Crippen molar-refractivity contribution < 1.29 is 4.79 Å². The Kier molecular flexibility index (Phi) is 3.07. The summed E-state index contributed by atoms with van der Waals surface area (Å²) in [5.41, 5.74) is 2.16. The van der Waals surface area contributed by atoms with Gasteiger partial charge in [-0.05, 0) is 12.3 Å². The molecule has 2 atom stereocenters. The van der Waals surface area contributed by atoms with E-state index < -0.39 is 0 Å². The number of H-pyrrole nitrogens is 1. The minimum Gasteiger partial charge on any atom is -0.347 e. The van der Waals surface area contributed by atoms with Crippen molar-refractivity contribution in [3.05, 3.63) is 17.7 Å². The molecular weight excluding hydrogens is 228 g/mol. The van der Waals surface area contributed by atoms with Gasteiger partial charge in [0.25, 0.3) is 0 Å². The van der Waals surface area contributed by atoms with E-state index in [1.807, 2.05) is 4.90 Å². The second-order valence-corrected chi connectivity index (χ2v) is 5.31. The Hall–Kier alpha value is -1.36. The Morgan fingerprint density at radius 1 is 1.61 bits per heavy atom. The van der Waals surface area contributed by atoms with E-state index in [1.54, 1.807) is 6.33 Å². The lowest BCUT2D eigenvalue weighted by atomic mass is 10.0. The predicted molar refractivity (Wildman–Crippen MR) is 67.9 cm³/mol. The van der Waals surface area contributed by atoms with Crippen LogP contribution >= 0.6 is 0 Å². The second kappa shape index (κ2) is 4.72. The van der Waals surface area contributed by atoms with E-state index in [1.165, 1.54) is 6.42 Å². The number of amides is 1. The van der Waals surface area contributed by atoms with Crippen LogP contribution in [0.15, 0.2) is 6.33 Å². The molecule has 2 aliphatic heterocycles. The van der Waals surface area contributed by atoms with Gasteiger partial charge in [0.15, 0.2) is 0 Å². The van der Waals surface area contributed by atoms with E-state index in [-0.39, 0.29) is 11.9 Å². The zero-order chi connectivity index (χ0) is 12.5. The average molecular weight is 248 g/mol. The van der Waals surface area contributed by atoms with Crippen molar-refractivity contribution in [1.82, 2.24) is 20.2 Å². The smallest absolute Gasteiger partial charge is 0.240 e. The van der Waals surface area contributed by atoms with Crippen LogP contribution in [0.3, 0.4) is 0 Å². The lowest BCUT2D eigenvalue weighted by Crippen LogP contribution is -2.48. The predicted octanol–water partition coefficient (Wildman–Crippen LogP) is 0.682. The molecule has 5 nitrogen and oxygen atoms in total. The van der Waals surface area contributed by atoms with Crippen LogP contribution in [-0.4, -0.2) is 39.9 Å². The number of likely N-dealkylation sites (tertiary alicyclic amines) is 1. The molecule has 3 rings (SSSR count). The molecular formula is C13H20N4O. The average Bonchev–Trinajstić information content (AvgIpc) is 3.05. The number of hydrogen-bond donors (Lipinski definition) is 2. The van der Waals surface area contributed by atoms with Crippen LogP contribution in [0.5, 0.6) is 0 Å². The highest BCUT2D eigenvalue weighted by Crippen LogP contribution is 2.21. The van der Waals surface area contributed by atoms with Crippen LogP contribution in [0.1, 0.15) is 31.2 Å². The molecule has 2 aliphatic rings. The highest BCUT2D eigenvalue weighted by atomic mass is 16.2. The standard InChI is InChI=1S/C13H20N4O/c1-2-9-3-4-17(7-9)13(18)11-5-10-12(6-14-11)16-8-15-10/h8-9,11,14H,2-7H2,1H3,(H,15,16). The molecule has 2 unspecified atom stereocenters. The second-order valence-electron chi connectivity index (χ2n) is 5.31. The first kappa shape index (κ1) is 11.7. The first-order valence-electron chi connectivity index (χ1n) is 6.81. The SMILES string of the molecule is CCC1CCN(C(=O)C2Cc3nc[nH]c3CN2)C1. The molecule has 0 saturated carbocycles. The molecule has 98 valence electrons. The Bertz CT molecular complexity index is 442. The fraction of sp³-hybridized carbons (Fsp3) is 0.692. The summed E-state index contributed by atoms with van der Waals surface area (Å²) in [7, 11) is 0. The summed E-state index contributed by atoms with van der Waals surface area (Å²) in [6.07, 6.45) is 4.75. The maximum Gasteiger partial charge on any atom is 0.240 e. The number of imidazole rings is 1. The number of rotatable bonds is 2. The monoisotopic (exact) mass is 248 g/mol. The molecule has 1 amide bonds. The highest BCUT2D eigenvalue weighted by molar-refractivity contribution is 5.82. The maximum atomic E-state index is 12.4. The third-order valence-electron chi connectivity index (χ3n) is 4.20. The summed E-state index contributed by atoms with van der Waals surface area (Å²) in [5, 5.41) is 3.31. The van der Waals surface area contributed by atoms with E-state index in [0.717, 1.165) is 37.4 Å². The number of fused-ring (bicyclic) bond motifs is 1. The van der Waals surface area contributed by atoms with Crippen molar-refractivity contribution in [3.63, 3.8) is 0 Å². The van der Waals surface area contributed by atoms with Crippen molar-refractivity contribution in [1.29, 1.82) is 0 Å². The van der Waals surface area contributed by atoms with E-state index in [4.69, 9.17) is 0 Å². The van der Waals surface area contributed by atoms with Gasteiger partial charge in [-0.2, -0.15) is 0 Å². The first-order valence-corrected chi connectivity index (χ1v) is 6.81. The van der Waals surface area contributed by atoms with E-state index in [9.17, 15) is 4.79 Å². The molecule has 18 heavy (non-hydrogen) atoms. The van der Waals surface area contributed by atoms with E-state index in [2.05, 4.69) is 22.2 Å². The van der Waals surface area contributed by atoms with Gasteiger partial charge >= 0.3 is 0 Å². The topological polar surface area (TPSA) is 61.0 Å². The Morgan fingerprint density at radius 3 is 3.28 bits per heavy atom. The highest BCUT2D eigenvalue weighted by Gasteiger charge is 2.32. The number of carbonyl (C=O) groups is 1. The van der Waals surface area contributed by atoms with Gasteiger partial charge in [-0.25, -0.2) is 4.98 Å². The zero-order valence-electron chi connectivity index (χ0n) is 10.8. The van der Waals surface area contributed by atoms with Gasteiger partial charge < -0.3 is 9.88 Å². The molecule has 1 saturated heterocycles. The molecule has 2 N–H and O–H groups in total. The first-order chi connectivity index (χ1) is 8.78. The van der Waals surface area contributed by atoms with Gasteiger partial charge in [-0.15, -0.1) is 0 Å². The quantitative estimate of drug-likeness (QED) is 0.809. The number of hydrogen-bond acceptors (Lipinski definition) is 3. The van der Waals surface area contributed by atoms with Gasteiger partial charge in [0.2, 0.25) is 5.91 Å². The molecule has 1 aromatic rings. The van der Waals surface area contributed by atoms with Gasteiger partial charge in [0.05, 0.1) is 23.8 Å². The Labute approximate surface area is 107 Å². The van der Waals surface area contributed by atoms with Crippen LogP contribution in [0.4, 0.5) is 0 Å². The van der Waals surface area contributed by atoms with Crippen LogP contribution < -0.4 is 5.32 Å². The summed E-state index contributed by atoms with van der Waals surface area (Å²) < 4.78 is 0. The van der Waals surface area contributed by atoms with Crippen molar-refractivity contribution in [2.45, 2.75) is 38.8 Å².